The van der Waals surface area contributed by atoms with Gasteiger partial charge in [0.15, 0.2) is 11.5 Å². The molecule has 0 aliphatic carbocycles. The molecule has 132 valence electrons. The van der Waals surface area contributed by atoms with Crippen LogP contribution in [0.2, 0.25) is 0 Å². The fraction of sp³-hybridized carbons (Fsp3) is 0.333. The summed E-state index contributed by atoms with van der Waals surface area (Å²) < 4.78 is 16.3. The molecular weight excluding hydrogens is 314 g/mol. The molecule has 0 bridgehead atoms. The predicted octanol–water partition coefficient (Wildman–Crippen LogP) is 3.44. The van der Waals surface area contributed by atoms with Crippen molar-refractivity contribution in [3.8, 4) is 29.6 Å². The van der Waals surface area contributed by atoms with Gasteiger partial charge in [-0.2, -0.15) is 0 Å². The molecule has 0 unspecified atom stereocenters. The van der Waals surface area contributed by atoms with E-state index in [2.05, 4.69) is 23.4 Å². The smallest absolute Gasteiger partial charge is 0.162 e. The molecule has 0 amide bonds. The fourth-order valence-electron chi connectivity index (χ4n) is 2.43. The number of rotatable bonds is 10. The van der Waals surface area contributed by atoms with E-state index < -0.39 is 0 Å². The molecule has 0 spiro atoms. The molecule has 0 radical (unpaired) electrons. The Morgan fingerprint density at radius 3 is 2.44 bits per heavy atom. The Morgan fingerprint density at radius 1 is 1.00 bits per heavy atom. The van der Waals surface area contributed by atoms with Crippen molar-refractivity contribution in [2.24, 2.45) is 0 Å². The molecule has 1 N–H and O–H groups in total. The zero-order valence-corrected chi connectivity index (χ0v) is 14.9. The van der Waals surface area contributed by atoms with Gasteiger partial charge in [0, 0.05) is 6.54 Å². The van der Waals surface area contributed by atoms with Crippen molar-refractivity contribution in [1.29, 1.82) is 0 Å². The number of ether oxygens (including phenoxy) is 3. The van der Waals surface area contributed by atoms with E-state index in [0.717, 1.165) is 36.6 Å². The predicted molar refractivity (Wildman–Crippen MR) is 100 cm³/mol. The van der Waals surface area contributed by atoms with Crippen LogP contribution in [0.1, 0.15) is 18.1 Å². The third-order valence-electron chi connectivity index (χ3n) is 3.70. The molecule has 0 fully saturated rings. The molecular formula is C21H25NO3. The van der Waals surface area contributed by atoms with Crippen LogP contribution >= 0.6 is 0 Å². The maximum Gasteiger partial charge on any atom is 0.162 e. The Kier molecular flexibility index (Phi) is 7.68. The van der Waals surface area contributed by atoms with Gasteiger partial charge < -0.3 is 19.5 Å². The van der Waals surface area contributed by atoms with Gasteiger partial charge in [0.1, 0.15) is 12.4 Å². The molecule has 0 saturated carbocycles. The van der Waals surface area contributed by atoms with Crippen molar-refractivity contribution in [2.75, 3.05) is 26.9 Å². The standard InChI is InChI=1S/C21H25NO3/c1-4-14-25-20-11-8-18(15-21(20)24-5-2)16-22-13-12-17-6-9-19(23-3)10-7-17/h1,6-11,15,22H,5,12-14,16H2,2-3H3. The van der Waals surface area contributed by atoms with Crippen LogP contribution in [0.5, 0.6) is 17.2 Å². The van der Waals surface area contributed by atoms with Crippen LogP contribution in [0.3, 0.4) is 0 Å². The highest BCUT2D eigenvalue weighted by Gasteiger charge is 2.06. The van der Waals surface area contributed by atoms with Crippen molar-refractivity contribution < 1.29 is 14.2 Å². The molecule has 4 nitrogen and oxygen atoms in total. The first kappa shape index (κ1) is 18.7. The molecule has 0 aliphatic rings. The number of nitrogens with one attached hydrogen (secondary N) is 1. The van der Waals surface area contributed by atoms with Crippen molar-refractivity contribution in [3.63, 3.8) is 0 Å². The SMILES string of the molecule is C#CCOc1ccc(CNCCc2ccc(OC)cc2)cc1OCC. The molecule has 0 aliphatic heterocycles. The molecule has 2 aromatic rings. The second-order valence-electron chi connectivity index (χ2n) is 5.48. The van der Waals surface area contributed by atoms with Crippen molar-refractivity contribution in [2.45, 2.75) is 19.9 Å². The van der Waals surface area contributed by atoms with E-state index in [4.69, 9.17) is 20.6 Å². The normalized spacial score (nSPS) is 10.1. The van der Waals surface area contributed by atoms with E-state index in [1.165, 1.54) is 5.56 Å². The summed E-state index contributed by atoms with van der Waals surface area (Å²) in [6.45, 7) is 4.43. The van der Waals surface area contributed by atoms with Gasteiger partial charge in [-0.25, -0.2) is 0 Å². The highest BCUT2D eigenvalue weighted by Crippen LogP contribution is 2.28. The second-order valence-corrected chi connectivity index (χ2v) is 5.48. The van der Waals surface area contributed by atoms with Crippen molar-refractivity contribution >= 4 is 0 Å². The lowest BCUT2D eigenvalue weighted by Crippen LogP contribution is -2.16. The van der Waals surface area contributed by atoms with E-state index >= 15 is 0 Å². The van der Waals surface area contributed by atoms with Crippen molar-refractivity contribution in [3.05, 3.63) is 53.6 Å². The Morgan fingerprint density at radius 2 is 1.76 bits per heavy atom. The first-order chi connectivity index (χ1) is 12.3. The molecule has 2 aromatic carbocycles. The lowest BCUT2D eigenvalue weighted by atomic mass is 10.1. The average Bonchev–Trinajstić information content (AvgIpc) is 2.65. The Bertz CT molecular complexity index is 689. The van der Waals surface area contributed by atoms with Crippen LogP contribution in [0.25, 0.3) is 0 Å². The van der Waals surface area contributed by atoms with E-state index in [1.54, 1.807) is 7.11 Å². The first-order valence-electron chi connectivity index (χ1n) is 8.42. The number of methoxy groups -OCH3 is 1. The number of hydrogen-bond acceptors (Lipinski definition) is 4. The maximum absolute atomic E-state index is 5.64. The van der Waals surface area contributed by atoms with Gasteiger partial charge in [-0.05, 0) is 55.3 Å². The lowest BCUT2D eigenvalue weighted by molar-refractivity contribution is 0.299. The van der Waals surface area contributed by atoms with Gasteiger partial charge in [-0.1, -0.05) is 24.1 Å². The van der Waals surface area contributed by atoms with E-state index in [9.17, 15) is 0 Å². The Labute approximate surface area is 150 Å². The van der Waals surface area contributed by atoms with Gasteiger partial charge in [-0.3, -0.25) is 0 Å². The van der Waals surface area contributed by atoms with E-state index in [0.29, 0.717) is 12.4 Å². The third-order valence-corrected chi connectivity index (χ3v) is 3.70. The van der Waals surface area contributed by atoms with Gasteiger partial charge in [0.2, 0.25) is 0 Å². The summed E-state index contributed by atoms with van der Waals surface area (Å²) in [4.78, 5) is 0. The van der Waals surface area contributed by atoms with Crippen LogP contribution in [-0.2, 0) is 13.0 Å². The third kappa shape index (κ3) is 6.06. The van der Waals surface area contributed by atoms with Crippen molar-refractivity contribution in [1.82, 2.24) is 5.32 Å². The molecule has 0 heterocycles. The quantitative estimate of drug-likeness (QED) is 0.532. The van der Waals surface area contributed by atoms with Gasteiger partial charge in [0.25, 0.3) is 0 Å². The minimum Gasteiger partial charge on any atom is -0.497 e. The summed E-state index contributed by atoms with van der Waals surface area (Å²) in [5, 5.41) is 3.45. The zero-order chi connectivity index (χ0) is 17.9. The van der Waals surface area contributed by atoms with Crippen LogP contribution < -0.4 is 19.5 Å². The summed E-state index contributed by atoms with van der Waals surface area (Å²) in [6, 6.07) is 14.1. The number of terminal acetylenes is 1. The average molecular weight is 339 g/mol. The molecule has 0 saturated heterocycles. The highest BCUT2D eigenvalue weighted by atomic mass is 16.5. The highest BCUT2D eigenvalue weighted by molar-refractivity contribution is 5.43. The topological polar surface area (TPSA) is 39.7 Å². The molecule has 2 rings (SSSR count). The number of hydrogen-bond donors (Lipinski definition) is 1. The minimum absolute atomic E-state index is 0.236. The summed E-state index contributed by atoms with van der Waals surface area (Å²) in [5.74, 6) is 4.76. The Hall–Kier alpha value is -2.64. The van der Waals surface area contributed by atoms with Gasteiger partial charge >= 0.3 is 0 Å². The summed E-state index contributed by atoms with van der Waals surface area (Å²) in [5.41, 5.74) is 2.42. The van der Waals surface area contributed by atoms with Crippen LogP contribution in [0, 0.1) is 12.3 Å². The van der Waals surface area contributed by atoms with Crippen LogP contribution in [-0.4, -0.2) is 26.9 Å². The second kappa shape index (κ2) is 10.3. The molecule has 0 atom stereocenters. The molecule has 25 heavy (non-hydrogen) atoms. The summed E-state index contributed by atoms with van der Waals surface area (Å²) in [7, 11) is 1.68. The zero-order valence-electron chi connectivity index (χ0n) is 14.9. The minimum atomic E-state index is 0.236. The van der Waals surface area contributed by atoms with Gasteiger partial charge in [-0.15, -0.1) is 6.42 Å². The van der Waals surface area contributed by atoms with Crippen LogP contribution in [0.4, 0.5) is 0 Å². The van der Waals surface area contributed by atoms with E-state index in [-0.39, 0.29) is 6.61 Å². The summed E-state index contributed by atoms with van der Waals surface area (Å²) in [6.07, 6.45) is 6.21. The fourth-order valence-corrected chi connectivity index (χ4v) is 2.43. The monoisotopic (exact) mass is 339 g/mol. The summed E-state index contributed by atoms with van der Waals surface area (Å²) >= 11 is 0. The largest absolute Gasteiger partial charge is 0.497 e. The number of benzene rings is 2. The first-order valence-corrected chi connectivity index (χ1v) is 8.42. The van der Waals surface area contributed by atoms with E-state index in [1.807, 2.05) is 37.3 Å². The molecule has 0 aromatic heterocycles. The van der Waals surface area contributed by atoms with Gasteiger partial charge in [0.05, 0.1) is 13.7 Å². The molecule has 4 heteroatoms. The Balaban J connectivity index is 1.85. The van der Waals surface area contributed by atoms with Crippen LogP contribution in [0.15, 0.2) is 42.5 Å². The lowest BCUT2D eigenvalue weighted by Gasteiger charge is -2.12. The maximum atomic E-state index is 5.64.